The highest BCUT2D eigenvalue weighted by Gasteiger charge is 2.22. The minimum Gasteiger partial charge on any atom is -0.295 e. The molecule has 0 unspecified atom stereocenters. The fraction of sp³-hybridized carbons (Fsp3) is 0.444. The molecule has 0 bridgehead atoms. The van der Waals surface area contributed by atoms with Crippen LogP contribution in [0.4, 0.5) is 0 Å². The van der Waals surface area contributed by atoms with Crippen molar-refractivity contribution in [1.29, 1.82) is 0 Å². The minimum atomic E-state index is -3.89. The predicted molar refractivity (Wildman–Crippen MR) is 63.8 cm³/mol. The number of H-pyrrole nitrogens is 1. The van der Waals surface area contributed by atoms with Crippen molar-refractivity contribution in [2.75, 3.05) is 0 Å². The summed E-state index contributed by atoms with van der Waals surface area (Å²) < 4.78 is 24.4. The molecule has 0 aromatic carbocycles. The molecule has 0 radical (unpaired) electrons. The first-order valence-electron chi connectivity index (χ1n) is 5.35. The maximum absolute atomic E-state index is 11.4. The maximum Gasteiger partial charge on any atom is 0.273 e. The molecular weight excluding hydrogens is 256 g/mol. The smallest absolute Gasteiger partial charge is 0.273 e. The van der Waals surface area contributed by atoms with Crippen LogP contribution >= 0.6 is 0 Å². The fourth-order valence-corrected chi connectivity index (χ4v) is 2.23. The van der Waals surface area contributed by atoms with Gasteiger partial charge in [0.1, 0.15) is 5.69 Å². The number of nitrogens with one attached hydrogen (secondary N) is 1. The second kappa shape index (κ2) is 4.50. The van der Waals surface area contributed by atoms with Crippen LogP contribution in [0, 0.1) is 5.92 Å². The van der Waals surface area contributed by atoms with E-state index in [0.29, 0.717) is 18.1 Å². The molecule has 3 N–H and O–H groups in total. The molecule has 9 heteroatoms. The van der Waals surface area contributed by atoms with Gasteiger partial charge in [0.05, 0.1) is 0 Å². The van der Waals surface area contributed by atoms with Crippen molar-refractivity contribution < 1.29 is 8.42 Å². The Labute approximate surface area is 104 Å². The number of aromatic amines is 1. The van der Waals surface area contributed by atoms with Crippen molar-refractivity contribution in [3.63, 3.8) is 0 Å². The van der Waals surface area contributed by atoms with Gasteiger partial charge in [-0.05, 0) is 12.0 Å². The summed E-state index contributed by atoms with van der Waals surface area (Å²) in [5, 5.41) is 18.9. The van der Waals surface area contributed by atoms with Crippen LogP contribution in [0.2, 0.25) is 0 Å². The fourth-order valence-electron chi connectivity index (χ4n) is 1.61. The van der Waals surface area contributed by atoms with E-state index in [-0.39, 0.29) is 11.1 Å². The van der Waals surface area contributed by atoms with Gasteiger partial charge in [0, 0.05) is 12.7 Å². The highest BCUT2D eigenvalue weighted by atomic mass is 32.2. The highest BCUT2D eigenvalue weighted by Crippen LogP contribution is 2.19. The second-order valence-electron chi connectivity index (χ2n) is 4.33. The van der Waals surface area contributed by atoms with Crippen LogP contribution in [0.5, 0.6) is 0 Å². The monoisotopic (exact) mass is 270 g/mol. The Hall–Kier alpha value is -1.74. The SMILES string of the molecule is CC(C)Cn1c(-c2ccn[nH]2)nnc1S(N)(=O)=O. The van der Waals surface area contributed by atoms with Crippen LogP contribution in [0.15, 0.2) is 17.4 Å². The third-order valence-electron chi connectivity index (χ3n) is 2.26. The average molecular weight is 270 g/mol. The van der Waals surface area contributed by atoms with Gasteiger partial charge >= 0.3 is 0 Å². The van der Waals surface area contributed by atoms with Crippen molar-refractivity contribution >= 4 is 10.0 Å². The number of nitrogens with zero attached hydrogens (tertiary/aromatic N) is 4. The lowest BCUT2D eigenvalue weighted by Gasteiger charge is -2.10. The van der Waals surface area contributed by atoms with Crippen LogP contribution in [0.25, 0.3) is 11.5 Å². The molecule has 18 heavy (non-hydrogen) atoms. The highest BCUT2D eigenvalue weighted by molar-refractivity contribution is 7.89. The van der Waals surface area contributed by atoms with Crippen molar-refractivity contribution in [2.45, 2.75) is 25.5 Å². The summed E-state index contributed by atoms with van der Waals surface area (Å²) >= 11 is 0. The van der Waals surface area contributed by atoms with E-state index in [9.17, 15) is 8.42 Å². The zero-order valence-corrected chi connectivity index (χ0v) is 10.8. The Morgan fingerprint density at radius 3 is 2.67 bits per heavy atom. The van der Waals surface area contributed by atoms with E-state index in [1.165, 1.54) is 4.57 Å². The zero-order chi connectivity index (χ0) is 13.3. The van der Waals surface area contributed by atoms with Gasteiger partial charge in [-0.25, -0.2) is 13.6 Å². The van der Waals surface area contributed by atoms with Gasteiger partial charge in [-0.2, -0.15) is 5.10 Å². The summed E-state index contributed by atoms with van der Waals surface area (Å²) in [6.45, 7) is 4.38. The maximum atomic E-state index is 11.4. The molecular formula is C9H14N6O2S. The molecule has 2 heterocycles. The Morgan fingerprint density at radius 2 is 2.17 bits per heavy atom. The molecule has 0 aliphatic rings. The van der Waals surface area contributed by atoms with E-state index < -0.39 is 10.0 Å². The van der Waals surface area contributed by atoms with Crippen molar-refractivity contribution in [2.24, 2.45) is 11.1 Å². The summed E-state index contributed by atoms with van der Waals surface area (Å²) in [7, 11) is -3.89. The van der Waals surface area contributed by atoms with Crippen molar-refractivity contribution in [1.82, 2.24) is 25.0 Å². The molecule has 8 nitrogen and oxygen atoms in total. The molecule has 2 aromatic heterocycles. The lowest BCUT2D eigenvalue weighted by Crippen LogP contribution is -2.20. The molecule has 0 spiro atoms. The number of primary sulfonamides is 1. The van der Waals surface area contributed by atoms with Gasteiger partial charge in [0.15, 0.2) is 5.82 Å². The van der Waals surface area contributed by atoms with Gasteiger partial charge in [-0.1, -0.05) is 13.8 Å². The molecule has 2 rings (SSSR count). The van der Waals surface area contributed by atoms with E-state index >= 15 is 0 Å². The Balaban J connectivity index is 2.58. The molecule has 0 aliphatic carbocycles. The molecule has 2 aromatic rings. The van der Waals surface area contributed by atoms with Crippen molar-refractivity contribution in [3.05, 3.63) is 12.3 Å². The van der Waals surface area contributed by atoms with Crippen LogP contribution in [0.1, 0.15) is 13.8 Å². The average Bonchev–Trinajstić information content (AvgIpc) is 2.81. The van der Waals surface area contributed by atoms with E-state index in [0.717, 1.165) is 0 Å². The van der Waals surface area contributed by atoms with Crippen LogP contribution in [0.3, 0.4) is 0 Å². The molecule has 0 fully saturated rings. The van der Waals surface area contributed by atoms with E-state index in [1.807, 2.05) is 13.8 Å². The van der Waals surface area contributed by atoms with Gasteiger partial charge in [0.25, 0.3) is 15.2 Å². The number of aromatic nitrogens is 5. The minimum absolute atomic E-state index is 0.225. The lowest BCUT2D eigenvalue weighted by molar-refractivity contribution is 0.486. The quantitative estimate of drug-likeness (QED) is 0.808. The Bertz CT molecular complexity index is 628. The topological polar surface area (TPSA) is 120 Å². The standard InChI is InChI=1S/C9H14N6O2S/c1-6(2)5-15-8(7-3-4-11-12-7)13-14-9(15)18(10,16)17/h3-4,6H,5H2,1-2H3,(H,11,12)(H2,10,16,17). The summed E-state index contributed by atoms with van der Waals surface area (Å²) in [5.74, 6) is 0.633. The Morgan fingerprint density at radius 1 is 1.44 bits per heavy atom. The van der Waals surface area contributed by atoms with Crippen LogP contribution in [-0.2, 0) is 16.6 Å². The number of rotatable bonds is 4. The molecule has 0 aliphatic heterocycles. The van der Waals surface area contributed by atoms with E-state index in [2.05, 4.69) is 20.4 Å². The van der Waals surface area contributed by atoms with Gasteiger partial charge < -0.3 is 0 Å². The number of sulfonamides is 1. The summed E-state index contributed by atoms with van der Waals surface area (Å²) in [5.41, 5.74) is 0.595. The third kappa shape index (κ3) is 2.41. The van der Waals surface area contributed by atoms with Gasteiger partial charge in [-0.15, -0.1) is 10.2 Å². The molecule has 0 amide bonds. The predicted octanol–water partition coefficient (Wildman–Crippen LogP) is -0.0284. The largest absolute Gasteiger partial charge is 0.295 e. The number of nitrogens with two attached hydrogens (primary N) is 1. The third-order valence-corrected chi connectivity index (χ3v) is 3.07. The van der Waals surface area contributed by atoms with E-state index in [4.69, 9.17) is 5.14 Å². The Kier molecular flexibility index (Phi) is 3.18. The lowest BCUT2D eigenvalue weighted by atomic mass is 10.2. The molecule has 98 valence electrons. The summed E-state index contributed by atoms with van der Waals surface area (Å²) in [6, 6.07) is 1.69. The molecule has 0 saturated carbocycles. The second-order valence-corrected chi connectivity index (χ2v) is 5.78. The normalized spacial score (nSPS) is 12.2. The first kappa shape index (κ1) is 12.7. The number of hydrogen-bond acceptors (Lipinski definition) is 5. The molecule has 0 atom stereocenters. The van der Waals surface area contributed by atoms with Crippen molar-refractivity contribution in [3.8, 4) is 11.5 Å². The summed E-state index contributed by atoms with van der Waals surface area (Å²) in [6.07, 6.45) is 1.56. The number of hydrogen-bond donors (Lipinski definition) is 2. The molecule has 0 saturated heterocycles. The van der Waals surface area contributed by atoms with Gasteiger partial charge in [-0.3, -0.25) is 9.67 Å². The van der Waals surface area contributed by atoms with Crippen LogP contribution in [-0.4, -0.2) is 33.4 Å². The van der Waals surface area contributed by atoms with Crippen LogP contribution < -0.4 is 5.14 Å². The zero-order valence-electron chi connectivity index (χ0n) is 10.0. The van der Waals surface area contributed by atoms with E-state index in [1.54, 1.807) is 12.3 Å². The van der Waals surface area contributed by atoms with Gasteiger partial charge in [0.2, 0.25) is 0 Å². The first-order valence-corrected chi connectivity index (χ1v) is 6.90. The first-order chi connectivity index (χ1) is 8.39. The summed E-state index contributed by atoms with van der Waals surface area (Å²) in [4.78, 5) is 0.